The average molecular weight is 341 g/mol. The average Bonchev–Trinajstić information content (AvgIpc) is 2.47. The van der Waals surface area contributed by atoms with Gasteiger partial charge in [0.05, 0.1) is 5.69 Å². The molecule has 0 saturated carbocycles. The van der Waals surface area contributed by atoms with Crippen LogP contribution in [-0.4, -0.2) is 11.5 Å². The largest absolute Gasteiger partial charge is 0.573 e. The number of anilines is 2. The van der Waals surface area contributed by atoms with Crippen molar-refractivity contribution in [1.29, 1.82) is 0 Å². The maximum atomic E-state index is 12.1. The van der Waals surface area contributed by atoms with E-state index in [-0.39, 0.29) is 10.9 Å². The normalized spacial score (nSPS) is 10.8. The Morgan fingerprint density at radius 2 is 1.70 bits per heavy atom. The highest BCUT2D eigenvalue weighted by molar-refractivity contribution is 7.80. The maximum Gasteiger partial charge on any atom is 0.573 e. The number of aryl methyl sites for hydroxylation is 1. The van der Waals surface area contributed by atoms with Crippen molar-refractivity contribution in [3.05, 3.63) is 54.1 Å². The molecule has 8 heteroatoms. The van der Waals surface area contributed by atoms with Crippen molar-refractivity contribution in [3.63, 3.8) is 0 Å². The van der Waals surface area contributed by atoms with Crippen molar-refractivity contribution < 1.29 is 17.9 Å². The molecule has 0 heterocycles. The summed E-state index contributed by atoms with van der Waals surface area (Å²) in [6.07, 6.45) is -4.71. The van der Waals surface area contributed by atoms with E-state index in [1.807, 2.05) is 31.2 Å². The number of hydrogen-bond donors (Lipinski definition) is 3. The summed E-state index contributed by atoms with van der Waals surface area (Å²) in [5, 5.41) is 3.12. The van der Waals surface area contributed by atoms with Gasteiger partial charge in [0.2, 0.25) is 0 Å². The van der Waals surface area contributed by atoms with Gasteiger partial charge in [-0.05, 0) is 55.0 Å². The lowest BCUT2D eigenvalue weighted by Crippen LogP contribution is -2.33. The topological polar surface area (TPSA) is 45.3 Å². The first-order chi connectivity index (χ1) is 10.8. The van der Waals surface area contributed by atoms with E-state index in [1.165, 1.54) is 24.3 Å². The highest BCUT2D eigenvalue weighted by Gasteiger charge is 2.30. The minimum Gasteiger partial charge on any atom is -0.406 e. The van der Waals surface area contributed by atoms with Crippen LogP contribution in [0.5, 0.6) is 5.75 Å². The molecule has 0 aliphatic heterocycles. The van der Waals surface area contributed by atoms with Gasteiger partial charge in [-0.1, -0.05) is 18.2 Å². The Labute approximate surface area is 136 Å². The fourth-order valence-corrected chi connectivity index (χ4v) is 1.91. The molecule has 0 aromatic heterocycles. The molecule has 0 saturated heterocycles. The Balaban J connectivity index is 1.87. The van der Waals surface area contributed by atoms with Crippen molar-refractivity contribution in [2.75, 3.05) is 10.7 Å². The van der Waals surface area contributed by atoms with Crippen molar-refractivity contribution >= 4 is 28.7 Å². The SMILES string of the molecule is Cc1ccccc1NNC(=S)Nc1ccc(OC(F)(F)F)cc1. The molecular formula is C15H14F3N3OS. The minimum atomic E-state index is -4.71. The summed E-state index contributed by atoms with van der Waals surface area (Å²) < 4.78 is 40.0. The Hall–Kier alpha value is -2.48. The monoisotopic (exact) mass is 341 g/mol. The minimum absolute atomic E-state index is 0.276. The first kappa shape index (κ1) is 16.9. The number of nitrogens with one attached hydrogen (secondary N) is 3. The van der Waals surface area contributed by atoms with Crippen LogP contribution in [-0.2, 0) is 0 Å². The molecule has 0 aliphatic rings. The molecule has 2 rings (SSSR count). The lowest BCUT2D eigenvalue weighted by molar-refractivity contribution is -0.274. The molecule has 4 nitrogen and oxygen atoms in total. The van der Waals surface area contributed by atoms with Gasteiger partial charge in [-0.3, -0.25) is 10.9 Å². The highest BCUT2D eigenvalue weighted by Crippen LogP contribution is 2.23. The fourth-order valence-electron chi connectivity index (χ4n) is 1.74. The number of halogens is 3. The van der Waals surface area contributed by atoms with Gasteiger partial charge in [-0.2, -0.15) is 0 Å². The third-order valence-corrected chi connectivity index (χ3v) is 3.01. The lowest BCUT2D eigenvalue weighted by Gasteiger charge is -2.14. The van der Waals surface area contributed by atoms with E-state index in [1.54, 1.807) is 0 Å². The first-order valence-electron chi connectivity index (χ1n) is 6.58. The third kappa shape index (κ3) is 5.67. The lowest BCUT2D eigenvalue weighted by atomic mass is 10.2. The Morgan fingerprint density at radius 1 is 1.04 bits per heavy atom. The van der Waals surface area contributed by atoms with Crippen LogP contribution in [0, 0.1) is 6.92 Å². The number of para-hydroxylation sites is 1. The number of alkyl halides is 3. The first-order valence-corrected chi connectivity index (χ1v) is 6.99. The van der Waals surface area contributed by atoms with Crippen molar-refractivity contribution in [2.24, 2.45) is 0 Å². The summed E-state index contributed by atoms with van der Waals surface area (Å²) in [5.74, 6) is -0.292. The zero-order valence-corrected chi connectivity index (χ0v) is 12.9. The van der Waals surface area contributed by atoms with E-state index in [0.29, 0.717) is 5.69 Å². The fraction of sp³-hybridized carbons (Fsp3) is 0.133. The third-order valence-electron chi connectivity index (χ3n) is 2.80. The van der Waals surface area contributed by atoms with Crippen LogP contribution in [0.1, 0.15) is 5.56 Å². The molecule has 122 valence electrons. The van der Waals surface area contributed by atoms with Crippen LogP contribution in [0.25, 0.3) is 0 Å². The van der Waals surface area contributed by atoms with E-state index in [9.17, 15) is 13.2 Å². The van der Waals surface area contributed by atoms with Gasteiger partial charge in [0.25, 0.3) is 0 Å². The molecule has 23 heavy (non-hydrogen) atoms. The van der Waals surface area contributed by atoms with Gasteiger partial charge in [0.1, 0.15) is 5.75 Å². The second-order valence-electron chi connectivity index (χ2n) is 4.59. The molecule has 0 unspecified atom stereocenters. The van der Waals surface area contributed by atoms with Crippen LogP contribution in [0.2, 0.25) is 0 Å². The number of thiocarbonyl (C=S) groups is 1. The summed E-state index contributed by atoms with van der Waals surface area (Å²) in [4.78, 5) is 0. The summed E-state index contributed by atoms with van der Waals surface area (Å²) in [5.41, 5.74) is 8.18. The molecule has 2 aromatic carbocycles. The second-order valence-corrected chi connectivity index (χ2v) is 5.00. The molecule has 0 spiro atoms. The molecule has 0 aliphatic carbocycles. The zero-order chi connectivity index (χ0) is 16.9. The van der Waals surface area contributed by atoms with Gasteiger partial charge in [0, 0.05) is 5.69 Å². The van der Waals surface area contributed by atoms with Gasteiger partial charge < -0.3 is 10.1 Å². The highest BCUT2D eigenvalue weighted by atomic mass is 32.1. The van der Waals surface area contributed by atoms with E-state index < -0.39 is 6.36 Å². The van der Waals surface area contributed by atoms with E-state index in [2.05, 4.69) is 20.9 Å². The van der Waals surface area contributed by atoms with Crippen LogP contribution in [0.15, 0.2) is 48.5 Å². The van der Waals surface area contributed by atoms with Crippen LogP contribution in [0.4, 0.5) is 24.5 Å². The summed E-state index contributed by atoms with van der Waals surface area (Å²) in [6, 6.07) is 12.9. The van der Waals surface area contributed by atoms with Gasteiger partial charge >= 0.3 is 6.36 Å². The smallest absolute Gasteiger partial charge is 0.406 e. The number of hydrazine groups is 1. The maximum absolute atomic E-state index is 12.1. The molecule has 0 bridgehead atoms. The molecule has 3 N–H and O–H groups in total. The van der Waals surface area contributed by atoms with Gasteiger partial charge in [-0.25, -0.2) is 0 Å². The van der Waals surface area contributed by atoms with Crippen molar-refractivity contribution in [1.82, 2.24) is 5.43 Å². The Kier molecular flexibility index (Phi) is 5.28. The van der Waals surface area contributed by atoms with Crippen LogP contribution < -0.4 is 20.9 Å². The standard InChI is InChI=1S/C15H14F3N3OS/c1-10-4-2-3-5-13(10)20-21-14(23)19-11-6-8-12(9-7-11)22-15(16,17)18/h2-9,20H,1H3,(H2,19,21,23). The molecule has 2 aromatic rings. The molecule has 0 radical (unpaired) electrons. The predicted octanol–water partition coefficient (Wildman–Crippen LogP) is 4.21. The second kappa shape index (κ2) is 7.19. The van der Waals surface area contributed by atoms with E-state index >= 15 is 0 Å². The Morgan fingerprint density at radius 3 is 2.30 bits per heavy atom. The summed E-state index contributed by atoms with van der Waals surface area (Å²) in [7, 11) is 0. The van der Waals surface area contributed by atoms with Crippen molar-refractivity contribution in [3.8, 4) is 5.75 Å². The van der Waals surface area contributed by atoms with Crippen molar-refractivity contribution in [2.45, 2.75) is 13.3 Å². The molecule has 0 fully saturated rings. The predicted molar refractivity (Wildman–Crippen MR) is 87.3 cm³/mol. The van der Waals surface area contributed by atoms with Crippen LogP contribution >= 0.6 is 12.2 Å². The van der Waals surface area contributed by atoms with E-state index in [4.69, 9.17) is 12.2 Å². The number of hydrogen-bond acceptors (Lipinski definition) is 3. The number of benzene rings is 2. The summed E-state index contributed by atoms with van der Waals surface area (Å²) in [6.45, 7) is 1.94. The quantitative estimate of drug-likeness (QED) is 0.574. The van der Waals surface area contributed by atoms with Gasteiger partial charge in [0.15, 0.2) is 5.11 Å². The molecular weight excluding hydrogens is 327 g/mol. The van der Waals surface area contributed by atoms with E-state index in [0.717, 1.165) is 11.3 Å². The molecule has 0 atom stereocenters. The van der Waals surface area contributed by atoms with Gasteiger partial charge in [-0.15, -0.1) is 13.2 Å². The number of rotatable bonds is 4. The van der Waals surface area contributed by atoms with Crippen LogP contribution in [0.3, 0.4) is 0 Å². The zero-order valence-electron chi connectivity index (χ0n) is 12.1. The Bertz CT molecular complexity index is 674. The number of ether oxygens (including phenoxy) is 1. The molecule has 0 amide bonds. The summed E-state index contributed by atoms with van der Waals surface area (Å²) >= 11 is 5.10.